The summed E-state index contributed by atoms with van der Waals surface area (Å²) in [6, 6.07) is 17.7. The van der Waals surface area contributed by atoms with Crippen LogP contribution in [0.1, 0.15) is 32.2 Å². The first kappa shape index (κ1) is 21.8. The maximum atomic E-state index is 12.8. The summed E-state index contributed by atoms with van der Waals surface area (Å²) in [5.41, 5.74) is 3.56. The zero-order chi connectivity index (χ0) is 23.5. The highest BCUT2D eigenvalue weighted by molar-refractivity contribution is 6.10. The molecule has 0 unspecified atom stereocenters. The predicted octanol–water partition coefficient (Wildman–Crippen LogP) is 3.89. The van der Waals surface area contributed by atoms with E-state index < -0.39 is 11.9 Å². The van der Waals surface area contributed by atoms with Gasteiger partial charge < -0.3 is 15.2 Å². The molecule has 0 bridgehead atoms. The van der Waals surface area contributed by atoms with Crippen LogP contribution < -0.4 is 10.1 Å². The number of nitrogens with zero attached hydrogens (tertiary/aromatic N) is 4. The van der Waals surface area contributed by atoms with Gasteiger partial charge >= 0.3 is 5.97 Å². The fraction of sp³-hybridized carbons (Fsp3) is 0.167. The third-order valence-corrected chi connectivity index (χ3v) is 5.32. The van der Waals surface area contributed by atoms with E-state index in [2.05, 4.69) is 15.5 Å². The number of anilines is 1. The molecular formula is C24H23N5O4. The summed E-state index contributed by atoms with van der Waals surface area (Å²) in [5.74, 6) is -1.08. The third kappa shape index (κ3) is 4.33. The molecule has 0 aliphatic heterocycles. The topological polar surface area (TPSA) is 111 Å². The van der Waals surface area contributed by atoms with Gasteiger partial charge in [0.2, 0.25) is 0 Å². The van der Waals surface area contributed by atoms with Crippen molar-refractivity contribution >= 4 is 17.6 Å². The smallest absolute Gasteiger partial charge is 0.354 e. The number of ether oxygens (including phenoxy) is 1. The molecule has 0 saturated carbocycles. The molecule has 9 heteroatoms. The molecule has 0 aliphatic rings. The van der Waals surface area contributed by atoms with Gasteiger partial charge in [-0.3, -0.25) is 9.48 Å². The molecule has 0 fully saturated rings. The number of aromatic carboxylic acids is 1. The van der Waals surface area contributed by atoms with Gasteiger partial charge in [-0.2, -0.15) is 10.2 Å². The Morgan fingerprint density at radius 2 is 1.76 bits per heavy atom. The Bertz CT molecular complexity index is 1320. The molecule has 0 radical (unpaired) electrons. The number of carbonyl (C=O) groups is 2. The Morgan fingerprint density at radius 1 is 1.06 bits per heavy atom. The molecule has 9 nitrogen and oxygen atoms in total. The fourth-order valence-corrected chi connectivity index (χ4v) is 3.62. The number of carboxylic acids is 1. The standard InChI is InChI=1S/C24H23N5O4/c1-15-21(26-23(30)19-13-25-28(3)22(19)24(31)32)16(2)29(27-15)14-33-20-12-8-7-11-18(20)17-9-5-4-6-10-17/h4-13H,14H2,1-3H3,(H,26,30)(H,31,32). The van der Waals surface area contributed by atoms with E-state index >= 15 is 0 Å². The largest absolute Gasteiger partial charge is 0.477 e. The Hall–Kier alpha value is -4.40. The van der Waals surface area contributed by atoms with Crippen molar-refractivity contribution in [3.05, 3.63) is 83.4 Å². The molecule has 4 rings (SSSR count). The van der Waals surface area contributed by atoms with E-state index in [0.29, 0.717) is 22.8 Å². The first-order valence-corrected chi connectivity index (χ1v) is 10.2. The number of carboxylic acid groups (broad SMARTS) is 1. The van der Waals surface area contributed by atoms with Crippen LogP contribution in [0.25, 0.3) is 11.1 Å². The summed E-state index contributed by atoms with van der Waals surface area (Å²) in [5, 5.41) is 20.5. The summed E-state index contributed by atoms with van der Waals surface area (Å²) < 4.78 is 8.87. The van der Waals surface area contributed by atoms with Gasteiger partial charge in [-0.15, -0.1) is 0 Å². The van der Waals surface area contributed by atoms with Crippen molar-refractivity contribution in [1.29, 1.82) is 0 Å². The molecule has 0 atom stereocenters. The van der Waals surface area contributed by atoms with Gasteiger partial charge in [0.05, 0.1) is 28.8 Å². The maximum Gasteiger partial charge on any atom is 0.354 e. The molecule has 0 aliphatic carbocycles. The lowest BCUT2D eigenvalue weighted by Gasteiger charge is -2.13. The van der Waals surface area contributed by atoms with Crippen LogP contribution in [0.5, 0.6) is 5.75 Å². The van der Waals surface area contributed by atoms with Crippen LogP contribution in [-0.2, 0) is 13.8 Å². The molecule has 2 N–H and O–H groups in total. The van der Waals surface area contributed by atoms with Crippen molar-refractivity contribution in [3.8, 4) is 16.9 Å². The number of para-hydroxylation sites is 1. The molecule has 33 heavy (non-hydrogen) atoms. The fourth-order valence-electron chi connectivity index (χ4n) is 3.62. The highest BCUT2D eigenvalue weighted by Crippen LogP contribution is 2.30. The Kier molecular flexibility index (Phi) is 5.95. The molecule has 4 aromatic rings. The molecule has 0 saturated heterocycles. The van der Waals surface area contributed by atoms with Crippen LogP contribution in [0.15, 0.2) is 60.8 Å². The average Bonchev–Trinajstić information content (AvgIpc) is 3.33. The number of aromatic nitrogens is 4. The second kappa shape index (κ2) is 8.99. The predicted molar refractivity (Wildman–Crippen MR) is 122 cm³/mol. The molecule has 2 heterocycles. The van der Waals surface area contributed by atoms with Crippen LogP contribution >= 0.6 is 0 Å². The van der Waals surface area contributed by atoms with Gasteiger partial charge in [-0.05, 0) is 25.5 Å². The van der Waals surface area contributed by atoms with E-state index in [4.69, 9.17) is 4.74 Å². The van der Waals surface area contributed by atoms with Gasteiger partial charge in [-0.1, -0.05) is 48.5 Å². The maximum absolute atomic E-state index is 12.8. The van der Waals surface area contributed by atoms with E-state index in [1.807, 2.05) is 61.5 Å². The SMILES string of the molecule is Cc1nn(COc2ccccc2-c2ccccc2)c(C)c1NC(=O)c1cnn(C)c1C(=O)O. The highest BCUT2D eigenvalue weighted by atomic mass is 16.5. The second-order valence-electron chi connectivity index (χ2n) is 7.47. The van der Waals surface area contributed by atoms with E-state index in [1.165, 1.54) is 13.2 Å². The van der Waals surface area contributed by atoms with Crippen molar-refractivity contribution in [3.63, 3.8) is 0 Å². The second-order valence-corrected chi connectivity index (χ2v) is 7.47. The minimum absolute atomic E-state index is 0.0235. The number of rotatable bonds is 7. The molecule has 2 aromatic heterocycles. The monoisotopic (exact) mass is 445 g/mol. The van der Waals surface area contributed by atoms with E-state index in [1.54, 1.807) is 11.6 Å². The Labute approximate surface area is 190 Å². The van der Waals surface area contributed by atoms with E-state index in [9.17, 15) is 14.7 Å². The number of hydrogen-bond donors (Lipinski definition) is 2. The molecule has 1 amide bonds. The number of aryl methyl sites for hydroxylation is 2. The highest BCUT2D eigenvalue weighted by Gasteiger charge is 2.23. The summed E-state index contributed by atoms with van der Waals surface area (Å²) in [6.07, 6.45) is 1.23. The summed E-state index contributed by atoms with van der Waals surface area (Å²) >= 11 is 0. The number of nitrogens with one attached hydrogen (secondary N) is 1. The number of benzene rings is 2. The third-order valence-electron chi connectivity index (χ3n) is 5.32. The Balaban J connectivity index is 1.54. The van der Waals surface area contributed by atoms with Crippen LogP contribution in [-0.4, -0.2) is 36.5 Å². The summed E-state index contributed by atoms with van der Waals surface area (Å²) in [7, 11) is 1.47. The normalized spacial score (nSPS) is 10.8. The number of carbonyl (C=O) groups excluding carboxylic acids is 1. The van der Waals surface area contributed by atoms with Gasteiger partial charge in [-0.25, -0.2) is 9.48 Å². The first-order valence-electron chi connectivity index (χ1n) is 10.2. The quantitative estimate of drug-likeness (QED) is 0.446. The van der Waals surface area contributed by atoms with Gasteiger partial charge in [0, 0.05) is 12.6 Å². The van der Waals surface area contributed by atoms with E-state index in [-0.39, 0.29) is 18.0 Å². The Morgan fingerprint density at radius 3 is 2.48 bits per heavy atom. The lowest BCUT2D eigenvalue weighted by atomic mass is 10.1. The van der Waals surface area contributed by atoms with E-state index in [0.717, 1.165) is 15.8 Å². The van der Waals surface area contributed by atoms with Crippen LogP contribution in [0, 0.1) is 13.8 Å². The van der Waals surface area contributed by atoms with Crippen molar-refractivity contribution in [2.45, 2.75) is 20.6 Å². The number of amides is 1. The molecular weight excluding hydrogens is 422 g/mol. The van der Waals surface area contributed by atoms with Crippen LogP contribution in [0.4, 0.5) is 5.69 Å². The van der Waals surface area contributed by atoms with Crippen molar-refractivity contribution in [2.24, 2.45) is 7.05 Å². The zero-order valence-corrected chi connectivity index (χ0v) is 18.4. The van der Waals surface area contributed by atoms with Gasteiger partial charge in [0.25, 0.3) is 5.91 Å². The van der Waals surface area contributed by atoms with Crippen molar-refractivity contribution in [2.75, 3.05) is 5.32 Å². The lowest BCUT2D eigenvalue weighted by Crippen LogP contribution is -2.18. The minimum Gasteiger partial charge on any atom is -0.477 e. The van der Waals surface area contributed by atoms with Crippen LogP contribution in [0.2, 0.25) is 0 Å². The summed E-state index contributed by atoms with van der Waals surface area (Å²) in [4.78, 5) is 24.2. The van der Waals surface area contributed by atoms with Crippen molar-refractivity contribution < 1.29 is 19.4 Å². The lowest BCUT2D eigenvalue weighted by molar-refractivity contribution is 0.0680. The van der Waals surface area contributed by atoms with Crippen molar-refractivity contribution in [1.82, 2.24) is 19.6 Å². The van der Waals surface area contributed by atoms with Gasteiger partial charge in [0.1, 0.15) is 5.75 Å². The first-order chi connectivity index (χ1) is 15.9. The minimum atomic E-state index is -1.23. The number of hydrogen-bond acceptors (Lipinski definition) is 5. The average molecular weight is 445 g/mol. The molecule has 2 aromatic carbocycles. The molecule has 0 spiro atoms. The van der Waals surface area contributed by atoms with Crippen LogP contribution in [0.3, 0.4) is 0 Å². The van der Waals surface area contributed by atoms with Gasteiger partial charge in [0.15, 0.2) is 12.4 Å². The zero-order valence-electron chi connectivity index (χ0n) is 18.4. The summed E-state index contributed by atoms with van der Waals surface area (Å²) in [6.45, 7) is 3.71. The molecule has 168 valence electrons.